The molecular formula is C22H33N5O3. The van der Waals surface area contributed by atoms with E-state index in [1.54, 1.807) is 0 Å². The minimum atomic E-state index is -0.402. The average Bonchev–Trinajstić information content (AvgIpc) is 2.74. The first-order valence-corrected chi connectivity index (χ1v) is 11.0. The van der Waals surface area contributed by atoms with Crippen molar-refractivity contribution in [1.29, 1.82) is 0 Å². The van der Waals surface area contributed by atoms with Gasteiger partial charge in [-0.25, -0.2) is 9.59 Å². The van der Waals surface area contributed by atoms with Crippen LogP contribution in [-0.4, -0.2) is 54.6 Å². The van der Waals surface area contributed by atoms with Gasteiger partial charge in [0, 0.05) is 24.3 Å². The standard InChI is InChI=1S/C22H33N5O3/c28-20(26-22(30)25-18-11-5-2-6-12-18)16-27-14-8-7-13-19(27)15-23-21(29)24-17-9-3-1-4-10-17/h1,3-4,9-10,18-19H,2,5-8,11-16H2,(H2,23,24,29)(H2,25,26,28,30). The van der Waals surface area contributed by atoms with Crippen LogP contribution in [0.3, 0.4) is 0 Å². The summed E-state index contributed by atoms with van der Waals surface area (Å²) in [5, 5.41) is 11.1. The maximum Gasteiger partial charge on any atom is 0.321 e. The molecule has 1 aliphatic heterocycles. The maximum absolute atomic E-state index is 12.4. The summed E-state index contributed by atoms with van der Waals surface area (Å²) in [5.41, 5.74) is 0.735. The van der Waals surface area contributed by atoms with Crippen LogP contribution >= 0.6 is 0 Å². The van der Waals surface area contributed by atoms with Gasteiger partial charge in [0.25, 0.3) is 0 Å². The molecule has 1 aromatic carbocycles. The number of amides is 5. The highest BCUT2D eigenvalue weighted by molar-refractivity contribution is 5.95. The number of carbonyl (C=O) groups is 3. The van der Waals surface area contributed by atoms with Crippen LogP contribution in [0, 0.1) is 0 Å². The Hall–Kier alpha value is -2.61. The Labute approximate surface area is 178 Å². The third-order valence-corrected chi connectivity index (χ3v) is 5.82. The number of piperidine rings is 1. The topological polar surface area (TPSA) is 103 Å². The number of nitrogens with one attached hydrogen (secondary N) is 4. The molecular weight excluding hydrogens is 382 g/mol. The number of urea groups is 2. The molecule has 8 nitrogen and oxygen atoms in total. The Balaban J connectivity index is 1.41. The summed E-state index contributed by atoms with van der Waals surface area (Å²) >= 11 is 0. The second-order valence-electron chi connectivity index (χ2n) is 8.18. The van der Waals surface area contributed by atoms with Gasteiger partial charge < -0.3 is 16.0 Å². The van der Waals surface area contributed by atoms with Crippen LogP contribution in [-0.2, 0) is 4.79 Å². The zero-order chi connectivity index (χ0) is 21.2. The van der Waals surface area contributed by atoms with E-state index >= 15 is 0 Å². The molecule has 1 aliphatic carbocycles. The molecule has 1 aromatic rings. The van der Waals surface area contributed by atoms with Crippen molar-refractivity contribution in [3.05, 3.63) is 30.3 Å². The van der Waals surface area contributed by atoms with E-state index in [-0.39, 0.29) is 30.6 Å². The SMILES string of the molecule is O=C(CN1CCCCC1CNC(=O)Nc1ccccc1)NC(=O)NC1CCCCC1. The van der Waals surface area contributed by atoms with Gasteiger partial charge in [0.15, 0.2) is 0 Å². The molecule has 0 bridgehead atoms. The highest BCUT2D eigenvalue weighted by Crippen LogP contribution is 2.18. The Morgan fingerprint density at radius 1 is 0.900 bits per heavy atom. The van der Waals surface area contributed by atoms with Crippen molar-refractivity contribution in [2.75, 3.05) is 25.0 Å². The smallest absolute Gasteiger partial charge is 0.321 e. The summed E-state index contributed by atoms with van der Waals surface area (Å²) in [6.45, 7) is 1.40. The zero-order valence-electron chi connectivity index (χ0n) is 17.5. The van der Waals surface area contributed by atoms with E-state index in [1.807, 2.05) is 30.3 Å². The number of anilines is 1. The van der Waals surface area contributed by atoms with E-state index in [2.05, 4.69) is 26.2 Å². The predicted molar refractivity (Wildman–Crippen MR) is 116 cm³/mol. The molecule has 0 radical (unpaired) electrons. The van der Waals surface area contributed by atoms with Gasteiger partial charge in [0.05, 0.1) is 6.54 Å². The second kappa shape index (κ2) is 11.5. The number of carbonyl (C=O) groups excluding carboxylic acids is 3. The summed E-state index contributed by atoms with van der Waals surface area (Å²) in [6.07, 6.45) is 8.40. The van der Waals surface area contributed by atoms with E-state index < -0.39 is 6.03 Å². The number of imide groups is 1. The highest BCUT2D eigenvalue weighted by atomic mass is 16.2. The molecule has 4 N–H and O–H groups in total. The average molecular weight is 416 g/mol. The number of nitrogens with zero attached hydrogens (tertiary/aromatic N) is 1. The molecule has 5 amide bonds. The van der Waals surface area contributed by atoms with Crippen LogP contribution in [0.4, 0.5) is 15.3 Å². The number of benzene rings is 1. The number of hydrogen-bond donors (Lipinski definition) is 4. The molecule has 0 aromatic heterocycles. The van der Waals surface area contributed by atoms with Gasteiger partial charge in [0.2, 0.25) is 5.91 Å². The van der Waals surface area contributed by atoms with E-state index in [0.717, 1.165) is 57.2 Å². The lowest BCUT2D eigenvalue weighted by Gasteiger charge is -2.35. The summed E-state index contributed by atoms with van der Waals surface area (Å²) in [5.74, 6) is -0.302. The number of likely N-dealkylation sites (tertiary alicyclic amines) is 1. The van der Waals surface area contributed by atoms with Gasteiger partial charge in [-0.1, -0.05) is 43.9 Å². The molecule has 1 saturated carbocycles. The van der Waals surface area contributed by atoms with Crippen LogP contribution < -0.4 is 21.3 Å². The summed E-state index contributed by atoms with van der Waals surface area (Å²) in [7, 11) is 0. The monoisotopic (exact) mass is 415 g/mol. The molecule has 1 unspecified atom stereocenters. The molecule has 3 rings (SSSR count). The summed E-state index contributed by atoms with van der Waals surface area (Å²) < 4.78 is 0. The number of rotatable bonds is 6. The van der Waals surface area contributed by atoms with Gasteiger partial charge in [-0.2, -0.15) is 0 Å². The fraction of sp³-hybridized carbons (Fsp3) is 0.591. The number of para-hydroxylation sites is 1. The highest BCUT2D eigenvalue weighted by Gasteiger charge is 2.25. The summed E-state index contributed by atoms with van der Waals surface area (Å²) in [4.78, 5) is 38.7. The molecule has 0 spiro atoms. The predicted octanol–water partition coefficient (Wildman–Crippen LogP) is 2.82. The Kier molecular flexibility index (Phi) is 8.50. The van der Waals surface area contributed by atoms with Crippen LogP contribution in [0.25, 0.3) is 0 Å². The van der Waals surface area contributed by atoms with Crippen LogP contribution in [0.5, 0.6) is 0 Å². The summed E-state index contributed by atoms with van der Waals surface area (Å²) in [6, 6.07) is 8.86. The van der Waals surface area contributed by atoms with Crippen molar-refractivity contribution in [1.82, 2.24) is 20.9 Å². The first kappa shape index (κ1) is 22.1. The molecule has 2 fully saturated rings. The van der Waals surface area contributed by atoms with Gasteiger partial charge in [0.1, 0.15) is 0 Å². The molecule has 2 aliphatic rings. The lowest BCUT2D eigenvalue weighted by Crippen LogP contribution is -2.53. The van der Waals surface area contributed by atoms with E-state index in [0.29, 0.717) is 6.54 Å². The zero-order valence-corrected chi connectivity index (χ0v) is 17.5. The van der Waals surface area contributed by atoms with E-state index in [1.165, 1.54) is 6.42 Å². The van der Waals surface area contributed by atoms with E-state index in [9.17, 15) is 14.4 Å². The van der Waals surface area contributed by atoms with Crippen molar-refractivity contribution in [2.45, 2.75) is 63.5 Å². The molecule has 1 saturated heterocycles. The molecule has 1 heterocycles. The van der Waals surface area contributed by atoms with Gasteiger partial charge in [-0.15, -0.1) is 0 Å². The van der Waals surface area contributed by atoms with Gasteiger partial charge in [-0.3, -0.25) is 15.0 Å². The number of hydrogen-bond acceptors (Lipinski definition) is 4. The van der Waals surface area contributed by atoms with Crippen molar-refractivity contribution in [3.63, 3.8) is 0 Å². The molecule has 1 atom stereocenters. The van der Waals surface area contributed by atoms with Gasteiger partial charge in [-0.05, 0) is 44.4 Å². The first-order valence-electron chi connectivity index (χ1n) is 11.0. The minimum absolute atomic E-state index is 0.0763. The lowest BCUT2D eigenvalue weighted by atomic mass is 9.96. The fourth-order valence-electron chi connectivity index (χ4n) is 4.23. The van der Waals surface area contributed by atoms with Crippen molar-refractivity contribution < 1.29 is 14.4 Å². The Morgan fingerprint density at radius 2 is 1.63 bits per heavy atom. The van der Waals surface area contributed by atoms with Crippen molar-refractivity contribution in [3.8, 4) is 0 Å². The van der Waals surface area contributed by atoms with Crippen LogP contribution in [0.15, 0.2) is 30.3 Å². The molecule has 8 heteroatoms. The van der Waals surface area contributed by atoms with Crippen LogP contribution in [0.1, 0.15) is 51.4 Å². The Bertz CT molecular complexity index is 706. The normalized spacial score (nSPS) is 20.2. The first-order chi connectivity index (χ1) is 14.6. The van der Waals surface area contributed by atoms with Gasteiger partial charge >= 0.3 is 12.1 Å². The fourth-order valence-corrected chi connectivity index (χ4v) is 4.23. The minimum Gasteiger partial charge on any atom is -0.336 e. The largest absolute Gasteiger partial charge is 0.336 e. The quantitative estimate of drug-likeness (QED) is 0.574. The lowest BCUT2D eigenvalue weighted by molar-refractivity contribution is -0.122. The Morgan fingerprint density at radius 3 is 2.40 bits per heavy atom. The van der Waals surface area contributed by atoms with Crippen LogP contribution in [0.2, 0.25) is 0 Å². The molecule has 30 heavy (non-hydrogen) atoms. The molecule has 164 valence electrons. The second-order valence-corrected chi connectivity index (χ2v) is 8.18. The van der Waals surface area contributed by atoms with Crippen molar-refractivity contribution in [2.24, 2.45) is 0 Å². The third-order valence-electron chi connectivity index (χ3n) is 5.82. The van der Waals surface area contributed by atoms with E-state index in [4.69, 9.17) is 0 Å². The third kappa shape index (κ3) is 7.33. The maximum atomic E-state index is 12.4. The van der Waals surface area contributed by atoms with Crippen molar-refractivity contribution >= 4 is 23.7 Å².